The Morgan fingerprint density at radius 3 is 2.57 bits per heavy atom. The molecule has 7 nitrogen and oxygen atoms in total. The summed E-state index contributed by atoms with van der Waals surface area (Å²) in [6.07, 6.45) is 0.302. The van der Waals surface area contributed by atoms with Gasteiger partial charge in [-0.3, -0.25) is 4.79 Å². The van der Waals surface area contributed by atoms with Crippen LogP contribution in [0.5, 0.6) is 17.2 Å². The molecule has 28 heavy (non-hydrogen) atoms. The number of nitrogens with one attached hydrogen (secondary N) is 1. The first-order valence-corrected chi connectivity index (χ1v) is 8.92. The Balaban J connectivity index is 1.83. The Hall–Kier alpha value is -3.48. The van der Waals surface area contributed by atoms with E-state index in [1.54, 1.807) is 23.9 Å². The molecule has 7 heteroatoms. The molecule has 1 atom stereocenters. The van der Waals surface area contributed by atoms with Gasteiger partial charge < -0.3 is 19.9 Å². The van der Waals surface area contributed by atoms with Gasteiger partial charge in [-0.1, -0.05) is 6.07 Å². The number of carbonyl (C=O) groups excluding carboxylic acids is 1. The van der Waals surface area contributed by atoms with Crippen LogP contribution >= 0.6 is 0 Å². The number of aromatic hydroxyl groups is 1. The van der Waals surface area contributed by atoms with Crippen LogP contribution in [0.1, 0.15) is 29.2 Å². The van der Waals surface area contributed by atoms with Crippen molar-refractivity contribution in [3.05, 3.63) is 59.3 Å². The Kier molecular flexibility index (Phi) is 4.43. The Labute approximate surface area is 162 Å². The van der Waals surface area contributed by atoms with E-state index in [9.17, 15) is 9.90 Å². The summed E-state index contributed by atoms with van der Waals surface area (Å²) in [7, 11) is 3.12. The van der Waals surface area contributed by atoms with E-state index in [0.717, 1.165) is 28.3 Å². The summed E-state index contributed by atoms with van der Waals surface area (Å²) < 4.78 is 12.2. The largest absolute Gasteiger partial charge is 0.504 e. The van der Waals surface area contributed by atoms with Crippen LogP contribution in [0.15, 0.2) is 42.5 Å². The number of hydrogen-bond acceptors (Lipinski definition) is 5. The first-order valence-electron chi connectivity index (χ1n) is 8.92. The zero-order chi connectivity index (χ0) is 19.8. The minimum absolute atomic E-state index is 0.0670. The number of rotatable bonds is 4. The molecule has 1 aromatic heterocycles. The summed E-state index contributed by atoms with van der Waals surface area (Å²) >= 11 is 0. The molecule has 1 aliphatic rings. The van der Waals surface area contributed by atoms with Crippen LogP contribution in [0.25, 0.3) is 5.69 Å². The van der Waals surface area contributed by atoms with E-state index < -0.39 is 0 Å². The van der Waals surface area contributed by atoms with Crippen LogP contribution in [0.2, 0.25) is 0 Å². The molecule has 0 saturated heterocycles. The smallest absolute Gasteiger partial charge is 0.226 e. The maximum atomic E-state index is 12.5. The molecule has 0 aliphatic carbocycles. The number of nitrogens with zero attached hydrogens (tertiary/aromatic N) is 2. The molecular weight excluding hydrogens is 358 g/mol. The maximum absolute atomic E-state index is 12.5. The van der Waals surface area contributed by atoms with Crippen molar-refractivity contribution in [1.82, 2.24) is 9.78 Å². The molecule has 3 aromatic rings. The van der Waals surface area contributed by atoms with Gasteiger partial charge in [-0.2, -0.15) is 5.10 Å². The quantitative estimate of drug-likeness (QED) is 0.726. The van der Waals surface area contributed by atoms with Gasteiger partial charge in [0, 0.05) is 17.9 Å². The number of aryl methyl sites for hydroxylation is 1. The molecule has 0 spiro atoms. The van der Waals surface area contributed by atoms with Crippen LogP contribution in [0.3, 0.4) is 0 Å². The van der Waals surface area contributed by atoms with Crippen LogP contribution < -0.4 is 14.8 Å². The summed E-state index contributed by atoms with van der Waals surface area (Å²) in [5.41, 5.74) is 3.52. The fourth-order valence-corrected chi connectivity index (χ4v) is 3.65. The number of anilines is 1. The molecule has 2 aromatic carbocycles. The second-order valence-electron chi connectivity index (χ2n) is 6.69. The summed E-state index contributed by atoms with van der Waals surface area (Å²) in [6, 6.07) is 12.7. The third-order valence-corrected chi connectivity index (χ3v) is 5.03. The monoisotopic (exact) mass is 379 g/mol. The molecule has 0 radical (unpaired) electrons. The average Bonchev–Trinajstić information content (AvgIpc) is 3.04. The fourth-order valence-electron chi connectivity index (χ4n) is 3.65. The molecule has 0 bridgehead atoms. The summed E-state index contributed by atoms with van der Waals surface area (Å²) in [5.74, 6) is 1.60. The Morgan fingerprint density at radius 2 is 1.89 bits per heavy atom. The predicted octanol–water partition coefficient (Wildman–Crippen LogP) is 3.38. The third-order valence-electron chi connectivity index (χ3n) is 5.03. The first kappa shape index (κ1) is 17.9. The first-order chi connectivity index (χ1) is 13.5. The van der Waals surface area contributed by atoms with Crippen LogP contribution in [0, 0.1) is 6.92 Å². The van der Waals surface area contributed by atoms with Gasteiger partial charge in [-0.05, 0) is 48.9 Å². The van der Waals surface area contributed by atoms with Gasteiger partial charge in [0.25, 0.3) is 0 Å². The van der Waals surface area contributed by atoms with Crippen molar-refractivity contribution in [2.45, 2.75) is 19.3 Å². The highest BCUT2D eigenvalue weighted by molar-refractivity contribution is 5.95. The van der Waals surface area contributed by atoms with E-state index in [1.165, 1.54) is 7.11 Å². The molecule has 0 unspecified atom stereocenters. The highest BCUT2D eigenvalue weighted by Gasteiger charge is 2.33. The van der Waals surface area contributed by atoms with Gasteiger partial charge in [0.2, 0.25) is 5.91 Å². The van der Waals surface area contributed by atoms with Gasteiger partial charge in [0.1, 0.15) is 11.6 Å². The van der Waals surface area contributed by atoms with E-state index in [-0.39, 0.29) is 17.6 Å². The number of carbonyl (C=O) groups is 1. The number of phenols is 1. The number of benzene rings is 2. The zero-order valence-corrected chi connectivity index (χ0v) is 15.9. The lowest BCUT2D eigenvalue weighted by atomic mass is 9.85. The highest BCUT2D eigenvalue weighted by atomic mass is 16.5. The Morgan fingerprint density at radius 1 is 1.14 bits per heavy atom. The number of ether oxygens (including phenoxy) is 2. The van der Waals surface area contributed by atoms with E-state index in [1.807, 2.05) is 37.3 Å². The molecule has 2 N–H and O–H groups in total. The van der Waals surface area contributed by atoms with E-state index >= 15 is 0 Å². The Bertz CT molecular complexity index is 1040. The number of methoxy groups -OCH3 is 2. The van der Waals surface area contributed by atoms with E-state index in [4.69, 9.17) is 9.47 Å². The fraction of sp³-hybridized carbons (Fsp3) is 0.238. The van der Waals surface area contributed by atoms with E-state index in [0.29, 0.717) is 18.0 Å². The SMILES string of the molecule is COc1ccc(-n2nc(C)c3c2NC(=O)C[C@@H]3c2ccc(O)c(OC)c2)cc1. The van der Waals surface area contributed by atoms with E-state index in [2.05, 4.69) is 10.4 Å². The lowest BCUT2D eigenvalue weighted by molar-refractivity contribution is -0.116. The van der Waals surface area contributed by atoms with Crippen LogP contribution in [-0.4, -0.2) is 35.0 Å². The zero-order valence-electron chi connectivity index (χ0n) is 15.9. The molecule has 0 saturated carbocycles. The predicted molar refractivity (Wildman–Crippen MR) is 105 cm³/mol. The van der Waals surface area contributed by atoms with Crippen molar-refractivity contribution < 1.29 is 19.4 Å². The number of fused-ring (bicyclic) bond motifs is 1. The van der Waals surface area contributed by atoms with Crippen molar-refractivity contribution in [1.29, 1.82) is 0 Å². The van der Waals surface area contributed by atoms with Gasteiger partial charge in [0.15, 0.2) is 11.5 Å². The standard InChI is InChI=1S/C21H21N3O4/c1-12-20-16(13-4-9-17(25)18(10-13)28-3)11-19(26)22-21(20)24(23-12)14-5-7-15(27-2)8-6-14/h4-10,16,25H,11H2,1-3H3,(H,22,26)/t16-/m1/s1. The number of amides is 1. The van der Waals surface area contributed by atoms with Crippen molar-refractivity contribution in [2.75, 3.05) is 19.5 Å². The maximum Gasteiger partial charge on any atom is 0.226 e. The lowest BCUT2D eigenvalue weighted by Gasteiger charge is -2.25. The molecule has 0 fully saturated rings. The van der Waals surface area contributed by atoms with Gasteiger partial charge in [-0.15, -0.1) is 0 Å². The topological polar surface area (TPSA) is 85.6 Å². The molecule has 4 rings (SSSR count). The van der Waals surface area contributed by atoms with Crippen molar-refractivity contribution in [3.8, 4) is 22.9 Å². The molecular formula is C21H21N3O4. The lowest BCUT2D eigenvalue weighted by Crippen LogP contribution is -2.25. The minimum atomic E-state index is -0.176. The van der Waals surface area contributed by atoms with Gasteiger partial charge in [0.05, 0.1) is 25.6 Å². The normalized spacial score (nSPS) is 15.7. The number of phenolic OH excluding ortho intramolecular Hbond substituents is 1. The molecule has 144 valence electrons. The summed E-state index contributed by atoms with van der Waals surface area (Å²) in [4.78, 5) is 12.5. The van der Waals surface area contributed by atoms with Crippen molar-refractivity contribution >= 4 is 11.7 Å². The molecule has 1 aliphatic heterocycles. The second kappa shape index (κ2) is 6.92. The molecule has 1 amide bonds. The number of aromatic nitrogens is 2. The van der Waals surface area contributed by atoms with Crippen LogP contribution in [0.4, 0.5) is 5.82 Å². The van der Waals surface area contributed by atoms with Crippen molar-refractivity contribution in [3.63, 3.8) is 0 Å². The summed E-state index contributed by atoms with van der Waals surface area (Å²) in [5, 5.41) is 17.5. The highest BCUT2D eigenvalue weighted by Crippen LogP contribution is 2.42. The van der Waals surface area contributed by atoms with Gasteiger partial charge in [-0.25, -0.2) is 4.68 Å². The second-order valence-corrected chi connectivity index (χ2v) is 6.69. The molecule has 2 heterocycles. The average molecular weight is 379 g/mol. The number of hydrogen-bond donors (Lipinski definition) is 2. The van der Waals surface area contributed by atoms with Gasteiger partial charge >= 0.3 is 0 Å². The summed E-state index contributed by atoms with van der Waals surface area (Å²) in [6.45, 7) is 1.93. The van der Waals surface area contributed by atoms with Crippen molar-refractivity contribution in [2.24, 2.45) is 0 Å². The van der Waals surface area contributed by atoms with Crippen LogP contribution in [-0.2, 0) is 4.79 Å². The third kappa shape index (κ3) is 2.94. The minimum Gasteiger partial charge on any atom is -0.504 e.